The molecule has 0 aliphatic heterocycles. The fraction of sp³-hybridized carbons (Fsp3) is 0.0147. The average Bonchev–Trinajstić information content (AvgIpc) is 4.01. The highest BCUT2D eigenvalue weighted by atomic mass is 16.3. The highest BCUT2D eigenvalue weighted by Gasteiger charge is 2.46. The van der Waals surface area contributed by atoms with Gasteiger partial charge >= 0.3 is 0 Å². The Labute approximate surface area is 417 Å². The van der Waals surface area contributed by atoms with E-state index >= 15 is 0 Å². The van der Waals surface area contributed by atoms with Crippen molar-refractivity contribution in [3.8, 4) is 78.7 Å². The van der Waals surface area contributed by atoms with Crippen molar-refractivity contribution in [2.24, 2.45) is 0 Å². The molecule has 0 spiro atoms. The lowest BCUT2D eigenvalue weighted by molar-refractivity contribution is 0.669. The van der Waals surface area contributed by atoms with Crippen molar-refractivity contribution in [1.82, 2.24) is 15.0 Å². The van der Waals surface area contributed by atoms with Gasteiger partial charge in [-0.05, 0) is 102 Å². The Bertz CT molecular complexity index is 4150. The molecule has 14 rings (SSSR count). The molecule has 0 atom stereocenters. The molecule has 11 aromatic carbocycles. The predicted molar refractivity (Wildman–Crippen MR) is 295 cm³/mol. The molecule has 72 heavy (non-hydrogen) atoms. The zero-order valence-electron chi connectivity index (χ0n) is 39.1. The van der Waals surface area contributed by atoms with Crippen LogP contribution in [-0.4, -0.2) is 15.0 Å². The summed E-state index contributed by atoms with van der Waals surface area (Å²) in [5.74, 6) is 1.73. The Morgan fingerprint density at radius 2 is 0.819 bits per heavy atom. The monoisotopic (exact) mass is 917 g/mol. The third-order valence-electron chi connectivity index (χ3n) is 14.6. The molecule has 0 fully saturated rings. The SMILES string of the molecule is c1ccc(-c2cc(-c3ccc4c(c3)-c3ccccc3C4(c3ccccc3)c3ccccc3)c(-c3ccccc3)c(-c3nc(-c4ccccc4)nc(-c4cccc5oc6ccc7ccccc7c6c45)n3)c2)cc1. The maximum absolute atomic E-state index is 6.60. The van der Waals surface area contributed by atoms with Gasteiger partial charge in [-0.25, -0.2) is 15.0 Å². The fourth-order valence-corrected chi connectivity index (χ4v) is 11.5. The van der Waals surface area contributed by atoms with Crippen LogP contribution in [-0.2, 0) is 5.41 Å². The minimum Gasteiger partial charge on any atom is -0.456 e. The van der Waals surface area contributed by atoms with Crippen molar-refractivity contribution in [3.63, 3.8) is 0 Å². The summed E-state index contributed by atoms with van der Waals surface area (Å²) in [6.07, 6.45) is 0. The standard InChI is InChI=1S/C68H43N3O/c1-6-21-44(22-7-1)49-42-55(48-37-39-59-56(41-48)53-33-18-19-35-58(53)68(59,50-28-12-4-13-29-50)51-30-14-5-15-31-51)62(46-24-8-2-9-25-46)57(43-49)67-70-65(47-26-10-3-11-27-47)69-66(71-67)54-34-20-36-60-64(54)63-52-32-17-16-23-45(52)38-40-61(63)72-60/h1-43H. The van der Waals surface area contributed by atoms with E-state index in [1.54, 1.807) is 0 Å². The predicted octanol–water partition coefficient (Wildman–Crippen LogP) is 17.3. The minimum absolute atomic E-state index is 0.517. The van der Waals surface area contributed by atoms with E-state index < -0.39 is 5.41 Å². The molecule has 0 radical (unpaired) electrons. The summed E-state index contributed by atoms with van der Waals surface area (Å²) in [6.45, 7) is 0. The van der Waals surface area contributed by atoms with Crippen LogP contribution in [0.2, 0.25) is 0 Å². The van der Waals surface area contributed by atoms with Gasteiger partial charge in [0.1, 0.15) is 11.2 Å². The van der Waals surface area contributed by atoms with Gasteiger partial charge in [-0.3, -0.25) is 0 Å². The highest BCUT2D eigenvalue weighted by molar-refractivity contribution is 6.22. The molecular weight excluding hydrogens is 875 g/mol. The minimum atomic E-state index is -0.517. The number of hydrogen-bond donors (Lipinski definition) is 0. The number of benzene rings is 11. The van der Waals surface area contributed by atoms with Crippen LogP contribution < -0.4 is 0 Å². The molecular formula is C68H43N3O. The zero-order chi connectivity index (χ0) is 47.6. The van der Waals surface area contributed by atoms with Crippen molar-refractivity contribution < 1.29 is 4.42 Å². The summed E-state index contributed by atoms with van der Waals surface area (Å²) in [5, 5.41) is 4.28. The second kappa shape index (κ2) is 16.9. The Morgan fingerprint density at radius 3 is 1.54 bits per heavy atom. The van der Waals surface area contributed by atoms with Gasteiger partial charge < -0.3 is 4.42 Å². The Morgan fingerprint density at radius 1 is 0.292 bits per heavy atom. The number of aromatic nitrogens is 3. The number of fused-ring (bicyclic) bond motifs is 8. The summed E-state index contributed by atoms with van der Waals surface area (Å²) in [5.41, 5.74) is 17.6. The van der Waals surface area contributed by atoms with E-state index in [9.17, 15) is 0 Å². The van der Waals surface area contributed by atoms with Crippen molar-refractivity contribution in [3.05, 3.63) is 283 Å². The zero-order valence-corrected chi connectivity index (χ0v) is 39.1. The summed E-state index contributed by atoms with van der Waals surface area (Å²) in [4.78, 5) is 16.4. The smallest absolute Gasteiger partial charge is 0.164 e. The Kier molecular flexibility index (Phi) is 9.71. The molecule has 0 saturated heterocycles. The summed E-state index contributed by atoms with van der Waals surface area (Å²) in [7, 11) is 0. The van der Waals surface area contributed by atoms with Gasteiger partial charge in [0.15, 0.2) is 17.5 Å². The average molecular weight is 918 g/mol. The summed E-state index contributed by atoms with van der Waals surface area (Å²) in [6, 6.07) is 93.1. The van der Waals surface area contributed by atoms with Crippen LogP contribution >= 0.6 is 0 Å². The van der Waals surface area contributed by atoms with E-state index in [-0.39, 0.29) is 0 Å². The molecule has 0 N–H and O–H groups in total. The van der Waals surface area contributed by atoms with Crippen LogP contribution in [0.25, 0.3) is 111 Å². The third-order valence-corrected chi connectivity index (χ3v) is 14.6. The van der Waals surface area contributed by atoms with Crippen LogP contribution in [0.15, 0.2) is 265 Å². The lowest BCUT2D eigenvalue weighted by Crippen LogP contribution is -2.28. The Balaban J connectivity index is 1.07. The second-order valence-electron chi connectivity index (χ2n) is 18.6. The van der Waals surface area contributed by atoms with Crippen molar-refractivity contribution in [2.45, 2.75) is 5.41 Å². The summed E-state index contributed by atoms with van der Waals surface area (Å²) >= 11 is 0. The highest BCUT2D eigenvalue weighted by Crippen LogP contribution is 2.57. The van der Waals surface area contributed by atoms with Crippen LogP contribution in [0.5, 0.6) is 0 Å². The van der Waals surface area contributed by atoms with E-state index in [2.05, 4.69) is 231 Å². The normalized spacial score (nSPS) is 12.6. The topological polar surface area (TPSA) is 51.8 Å². The first-order valence-corrected chi connectivity index (χ1v) is 24.5. The van der Waals surface area contributed by atoms with Gasteiger partial charge in [0.05, 0.1) is 5.41 Å². The molecule has 0 amide bonds. The van der Waals surface area contributed by atoms with E-state index in [0.717, 1.165) is 82.8 Å². The molecule has 0 bridgehead atoms. The second-order valence-corrected chi connectivity index (χ2v) is 18.6. The largest absolute Gasteiger partial charge is 0.456 e. The number of furan rings is 1. The maximum Gasteiger partial charge on any atom is 0.164 e. The Hall–Kier alpha value is -9.51. The van der Waals surface area contributed by atoms with E-state index in [0.29, 0.717) is 17.5 Å². The van der Waals surface area contributed by atoms with Gasteiger partial charge in [-0.15, -0.1) is 0 Å². The van der Waals surface area contributed by atoms with Crippen molar-refractivity contribution in [1.29, 1.82) is 0 Å². The molecule has 2 heterocycles. The fourth-order valence-electron chi connectivity index (χ4n) is 11.5. The molecule has 1 aliphatic carbocycles. The quantitative estimate of drug-likeness (QED) is 0.152. The molecule has 4 nitrogen and oxygen atoms in total. The van der Waals surface area contributed by atoms with Gasteiger partial charge in [0.25, 0.3) is 0 Å². The van der Waals surface area contributed by atoms with Crippen LogP contribution in [0, 0.1) is 0 Å². The molecule has 13 aromatic rings. The van der Waals surface area contributed by atoms with Crippen LogP contribution in [0.1, 0.15) is 22.3 Å². The van der Waals surface area contributed by atoms with Gasteiger partial charge in [0.2, 0.25) is 0 Å². The first kappa shape index (κ1) is 41.5. The molecule has 4 heteroatoms. The van der Waals surface area contributed by atoms with Crippen molar-refractivity contribution >= 4 is 32.7 Å². The van der Waals surface area contributed by atoms with Gasteiger partial charge in [-0.2, -0.15) is 0 Å². The third kappa shape index (κ3) is 6.57. The molecule has 336 valence electrons. The maximum atomic E-state index is 6.60. The van der Waals surface area contributed by atoms with Crippen molar-refractivity contribution in [2.75, 3.05) is 0 Å². The van der Waals surface area contributed by atoms with E-state index in [1.807, 2.05) is 30.3 Å². The first-order valence-electron chi connectivity index (χ1n) is 24.5. The molecule has 0 saturated carbocycles. The summed E-state index contributed by atoms with van der Waals surface area (Å²) < 4.78 is 6.60. The lowest BCUT2D eigenvalue weighted by atomic mass is 9.67. The van der Waals surface area contributed by atoms with Gasteiger partial charge in [0, 0.05) is 33.0 Å². The molecule has 2 aromatic heterocycles. The lowest BCUT2D eigenvalue weighted by Gasteiger charge is -2.34. The van der Waals surface area contributed by atoms with Crippen LogP contribution in [0.4, 0.5) is 0 Å². The molecule has 1 aliphatic rings. The van der Waals surface area contributed by atoms with E-state index in [1.165, 1.54) is 33.4 Å². The molecule has 0 unspecified atom stereocenters. The first-order chi connectivity index (χ1) is 35.7. The number of hydrogen-bond acceptors (Lipinski definition) is 4. The van der Waals surface area contributed by atoms with E-state index in [4.69, 9.17) is 19.4 Å². The number of nitrogens with zero attached hydrogens (tertiary/aromatic N) is 3. The van der Waals surface area contributed by atoms with Crippen LogP contribution in [0.3, 0.4) is 0 Å². The number of rotatable bonds is 8. The van der Waals surface area contributed by atoms with Gasteiger partial charge in [-0.1, -0.05) is 231 Å².